The molecular weight excluding hydrogens is 232 g/mol. The van der Waals surface area contributed by atoms with Gasteiger partial charge in [0.2, 0.25) is 11.8 Å². The summed E-state index contributed by atoms with van der Waals surface area (Å²) in [5.41, 5.74) is 5.85. The summed E-state index contributed by atoms with van der Waals surface area (Å²) in [7, 11) is 0. The summed E-state index contributed by atoms with van der Waals surface area (Å²) in [6, 6.07) is 2.07. The van der Waals surface area contributed by atoms with Gasteiger partial charge in [0.25, 0.3) is 0 Å². The van der Waals surface area contributed by atoms with E-state index in [4.69, 9.17) is 15.6 Å². The van der Waals surface area contributed by atoms with E-state index in [2.05, 4.69) is 15.3 Å². The minimum absolute atomic E-state index is 0.0506. The lowest BCUT2D eigenvalue weighted by Gasteiger charge is -2.26. The molecule has 1 fully saturated rings. The van der Waals surface area contributed by atoms with Crippen LogP contribution in [0.15, 0.2) is 12.3 Å². The van der Waals surface area contributed by atoms with Crippen LogP contribution in [-0.2, 0) is 0 Å². The first kappa shape index (κ1) is 13.0. The van der Waals surface area contributed by atoms with Crippen molar-refractivity contribution in [2.45, 2.75) is 37.8 Å². The molecule has 1 aromatic rings. The SMILES string of the molecule is NC1CCC(Oc2ccnc(NCCO)n2)CC1. The summed E-state index contributed by atoms with van der Waals surface area (Å²) in [6.07, 6.45) is 5.81. The van der Waals surface area contributed by atoms with E-state index in [0.29, 0.717) is 24.4 Å². The Hall–Kier alpha value is -1.40. The van der Waals surface area contributed by atoms with Crippen molar-refractivity contribution in [3.63, 3.8) is 0 Å². The van der Waals surface area contributed by atoms with Gasteiger partial charge < -0.3 is 20.9 Å². The average Bonchev–Trinajstić information content (AvgIpc) is 2.40. The van der Waals surface area contributed by atoms with Crippen molar-refractivity contribution >= 4 is 5.95 Å². The molecule has 0 bridgehead atoms. The zero-order chi connectivity index (χ0) is 12.8. The fourth-order valence-corrected chi connectivity index (χ4v) is 2.04. The van der Waals surface area contributed by atoms with Crippen LogP contribution in [0.3, 0.4) is 0 Å². The molecule has 1 aromatic heterocycles. The van der Waals surface area contributed by atoms with Gasteiger partial charge in [0.05, 0.1) is 6.61 Å². The van der Waals surface area contributed by atoms with E-state index in [-0.39, 0.29) is 12.7 Å². The first-order chi connectivity index (χ1) is 8.78. The number of aliphatic hydroxyl groups is 1. The third kappa shape index (κ3) is 3.82. The summed E-state index contributed by atoms with van der Waals surface area (Å²) in [5, 5.41) is 11.6. The molecule has 0 saturated heterocycles. The zero-order valence-corrected chi connectivity index (χ0v) is 10.4. The van der Waals surface area contributed by atoms with E-state index in [1.165, 1.54) is 0 Å². The summed E-state index contributed by atoms with van der Waals surface area (Å²) in [4.78, 5) is 8.29. The number of nitrogens with zero attached hydrogens (tertiary/aromatic N) is 2. The molecule has 1 saturated carbocycles. The third-order valence-electron chi connectivity index (χ3n) is 3.03. The molecule has 2 rings (SSSR count). The second-order valence-corrected chi connectivity index (χ2v) is 4.52. The summed E-state index contributed by atoms with van der Waals surface area (Å²) in [5.74, 6) is 1.06. The molecule has 4 N–H and O–H groups in total. The van der Waals surface area contributed by atoms with Crippen molar-refractivity contribution in [2.75, 3.05) is 18.5 Å². The highest BCUT2D eigenvalue weighted by atomic mass is 16.5. The summed E-state index contributed by atoms with van der Waals surface area (Å²) < 4.78 is 5.82. The van der Waals surface area contributed by atoms with E-state index in [0.717, 1.165) is 25.7 Å². The molecule has 6 nitrogen and oxygen atoms in total. The van der Waals surface area contributed by atoms with Gasteiger partial charge in [0, 0.05) is 24.8 Å². The number of anilines is 1. The molecular formula is C12H20N4O2. The number of ether oxygens (including phenoxy) is 1. The van der Waals surface area contributed by atoms with Gasteiger partial charge in [-0.15, -0.1) is 0 Å². The molecule has 0 aromatic carbocycles. The number of aliphatic hydroxyl groups excluding tert-OH is 1. The lowest BCUT2D eigenvalue weighted by atomic mass is 9.94. The molecule has 6 heteroatoms. The van der Waals surface area contributed by atoms with Crippen LogP contribution in [0.1, 0.15) is 25.7 Å². The highest BCUT2D eigenvalue weighted by Gasteiger charge is 2.20. The predicted octanol–water partition coefficient (Wildman–Crippen LogP) is 0.529. The first-order valence-corrected chi connectivity index (χ1v) is 6.38. The topological polar surface area (TPSA) is 93.3 Å². The van der Waals surface area contributed by atoms with Gasteiger partial charge in [0.1, 0.15) is 6.10 Å². The number of rotatable bonds is 5. The van der Waals surface area contributed by atoms with Crippen molar-refractivity contribution in [3.05, 3.63) is 12.3 Å². The van der Waals surface area contributed by atoms with Gasteiger partial charge >= 0.3 is 0 Å². The second kappa shape index (κ2) is 6.51. The lowest BCUT2D eigenvalue weighted by Crippen LogP contribution is -2.31. The van der Waals surface area contributed by atoms with Gasteiger partial charge in [-0.05, 0) is 25.7 Å². The Kier molecular flexibility index (Phi) is 4.72. The van der Waals surface area contributed by atoms with Crippen molar-refractivity contribution < 1.29 is 9.84 Å². The van der Waals surface area contributed by atoms with Gasteiger partial charge in [0.15, 0.2) is 0 Å². The van der Waals surface area contributed by atoms with E-state index in [1.54, 1.807) is 12.3 Å². The van der Waals surface area contributed by atoms with Crippen molar-refractivity contribution in [3.8, 4) is 5.88 Å². The fraction of sp³-hybridized carbons (Fsp3) is 0.667. The van der Waals surface area contributed by atoms with Crippen molar-refractivity contribution in [1.82, 2.24) is 9.97 Å². The Labute approximate surface area is 107 Å². The minimum Gasteiger partial charge on any atom is -0.474 e. The standard InChI is InChI=1S/C12H20N4O2/c13-9-1-3-10(4-2-9)18-11-5-6-14-12(16-11)15-7-8-17/h5-6,9-10,17H,1-4,7-8,13H2,(H,14,15,16). The van der Waals surface area contributed by atoms with Crippen LogP contribution in [0.4, 0.5) is 5.95 Å². The largest absolute Gasteiger partial charge is 0.474 e. The van der Waals surface area contributed by atoms with Gasteiger partial charge in [-0.3, -0.25) is 0 Å². The van der Waals surface area contributed by atoms with E-state index >= 15 is 0 Å². The number of hydrogen-bond donors (Lipinski definition) is 3. The van der Waals surface area contributed by atoms with Crippen LogP contribution in [0.25, 0.3) is 0 Å². The second-order valence-electron chi connectivity index (χ2n) is 4.52. The monoisotopic (exact) mass is 252 g/mol. The van der Waals surface area contributed by atoms with Gasteiger partial charge in [-0.1, -0.05) is 0 Å². The summed E-state index contributed by atoms with van der Waals surface area (Å²) >= 11 is 0. The van der Waals surface area contributed by atoms with Crippen molar-refractivity contribution in [2.24, 2.45) is 5.73 Å². The number of nitrogens with two attached hydrogens (primary N) is 1. The quantitative estimate of drug-likeness (QED) is 0.708. The van der Waals surface area contributed by atoms with Crippen LogP contribution < -0.4 is 15.8 Å². The maximum absolute atomic E-state index is 8.72. The molecule has 0 spiro atoms. The third-order valence-corrected chi connectivity index (χ3v) is 3.03. The normalized spacial score (nSPS) is 23.7. The van der Waals surface area contributed by atoms with E-state index < -0.39 is 0 Å². The molecule has 0 aliphatic heterocycles. The Bertz CT molecular complexity index is 367. The minimum atomic E-state index is 0.0506. The maximum atomic E-state index is 8.72. The molecule has 0 unspecified atom stereocenters. The molecule has 1 aliphatic rings. The predicted molar refractivity (Wildman–Crippen MR) is 68.5 cm³/mol. The van der Waals surface area contributed by atoms with Crippen LogP contribution >= 0.6 is 0 Å². The fourth-order valence-electron chi connectivity index (χ4n) is 2.04. The van der Waals surface area contributed by atoms with Crippen LogP contribution in [0.2, 0.25) is 0 Å². The molecule has 1 aliphatic carbocycles. The number of nitrogens with one attached hydrogen (secondary N) is 1. The van der Waals surface area contributed by atoms with Gasteiger partial charge in [-0.2, -0.15) is 4.98 Å². The van der Waals surface area contributed by atoms with Crippen LogP contribution in [0.5, 0.6) is 5.88 Å². The highest BCUT2D eigenvalue weighted by molar-refractivity contribution is 5.27. The van der Waals surface area contributed by atoms with Gasteiger partial charge in [-0.25, -0.2) is 4.98 Å². The molecule has 0 radical (unpaired) electrons. The molecule has 100 valence electrons. The lowest BCUT2D eigenvalue weighted by molar-refractivity contribution is 0.141. The Morgan fingerprint density at radius 1 is 1.39 bits per heavy atom. The Morgan fingerprint density at radius 3 is 2.89 bits per heavy atom. The number of aromatic nitrogens is 2. The van der Waals surface area contributed by atoms with E-state index in [1.807, 2.05) is 0 Å². The summed E-state index contributed by atoms with van der Waals surface area (Å²) in [6.45, 7) is 0.483. The zero-order valence-electron chi connectivity index (χ0n) is 10.4. The maximum Gasteiger partial charge on any atom is 0.226 e. The Balaban J connectivity index is 1.88. The Morgan fingerprint density at radius 2 is 2.17 bits per heavy atom. The molecule has 1 heterocycles. The smallest absolute Gasteiger partial charge is 0.226 e. The van der Waals surface area contributed by atoms with Crippen molar-refractivity contribution in [1.29, 1.82) is 0 Å². The number of hydrogen-bond acceptors (Lipinski definition) is 6. The van der Waals surface area contributed by atoms with Crippen LogP contribution in [0, 0.1) is 0 Å². The van der Waals surface area contributed by atoms with E-state index in [9.17, 15) is 0 Å². The van der Waals surface area contributed by atoms with Crippen LogP contribution in [-0.4, -0.2) is 40.4 Å². The molecule has 0 atom stereocenters. The molecule has 18 heavy (non-hydrogen) atoms. The molecule has 0 amide bonds. The first-order valence-electron chi connectivity index (χ1n) is 6.38. The average molecular weight is 252 g/mol. The highest BCUT2D eigenvalue weighted by Crippen LogP contribution is 2.22.